The second-order valence-electron chi connectivity index (χ2n) is 4.98. The lowest BCUT2D eigenvalue weighted by molar-refractivity contribution is 0.489. The first-order valence-corrected chi connectivity index (χ1v) is 8.33. The van der Waals surface area contributed by atoms with Gasteiger partial charge in [-0.3, -0.25) is 0 Å². The first-order chi connectivity index (χ1) is 8.81. The summed E-state index contributed by atoms with van der Waals surface area (Å²) >= 11 is 2.96. The van der Waals surface area contributed by atoms with Crippen molar-refractivity contribution in [1.29, 1.82) is 0 Å². The van der Waals surface area contributed by atoms with Crippen molar-refractivity contribution in [1.82, 2.24) is 4.72 Å². The molecular formula is C12H16BrFN2O2S. The molecule has 0 aromatic heterocycles. The highest BCUT2D eigenvalue weighted by atomic mass is 79.9. The molecule has 0 saturated heterocycles. The number of nitrogens with one attached hydrogen (secondary N) is 1. The molecule has 1 aliphatic rings. The molecule has 1 aromatic carbocycles. The van der Waals surface area contributed by atoms with Crippen LogP contribution in [0.1, 0.15) is 19.8 Å². The van der Waals surface area contributed by atoms with Gasteiger partial charge in [-0.25, -0.2) is 17.5 Å². The van der Waals surface area contributed by atoms with Gasteiger partial charge in [0.1, 0.15) is 4.90 Å². The first kappa shape index (κ1) is 14.7. The molecule has 1 atom stereocenters. The third kappa shape index (κ3) is 3.46. The van der Waals surface area contributed by atoms with Gasteiger partial charge in [0.05, 0.1) is 4.47 Å². The fourth-order valence-corrected chi connectivity index (χ4v) is 3.81. The Labute approximate surface area is 120 Å². The highest BCUT2D eigenvalue weighted by Crippen LogP contribution is 2.36. The monoisotopic (exact) mass is 350 g/mol. The molecule has 0 amide bonds. The number of halogens is 2. The Bertz CT molecular complexity index is 588. The summed E-state index contributed by atoms with van der Waals surface area (Å²) in [5, 5.41) is 0. The van der Waals surface area contributed by atoms with E-state index in [2.05, 4.69) is 20.7 Å². The summed E-state index contributed by atoms with van der Waals surface area (Å²) in [4.78, 5) is -0.414. The minimum absolute atomic E-state index is 0.0446. The molecule has 0 spiro atoms. The Morgan fingerprint density at radius 2 is 2.16 bits per heavy atom. The molecule has 106 valence electrons. The van der Waals surface area contributed by atoms with Gasteiger partial charge in [-0.15, -0.1) is 0 Å². The standard InChI is InChI=1S/C12H16BrFN2O2S/c1-7(8-2-3-8)6-16-19(17,18)11-5-9(15)4-10(13)12(11)14/h4-5,7-8,16H,2-3,6,15H2,1H3. The Morgan fingerprint density at radius 1 is 1.53 bits per heavy atom. The smallest absolute Gasteiger partial charge is 0.243 e. The predicted molar refractivity (Wildman–Crippen MR) is 75.6 cm³/mol. The zero-order valence-corrected chi connectivity index (χ0v) is 12.9. The van der Waals surface area contributed by atoms with E-state index in [0.717, 1.165) is 18.9 Å². The largest absolute Gasteiger partial charge is 0.399 e. The average molecular weight is 351 g/mol. The van der Waals surface area contributed by atoms with E-state index in [0.29, 0.717) is 12.5 Å². The Kier molecular flexibility index (Phi) is 4.17. The number of rotatable bonds is 5. The summed E-state index contributed by atoms with van der Waals surface area (Å²) in [6.07, 6.45) is 2.28. The summed E-state index contributed by atoms with van der Waals surface area (Å²) < 4.78 is 40.5. The van der Waals surface area contributed by atoms with E-state index in [4.69, 9.17) is 5.73 Å². The molecule has 19 heavy (non-hydrogen) atoms. The topological polar surface area (TPSA) is 72.2 Å². The minimum Gasteiger partial charge on any atom is -0.399 e. The third-order valence-corrected chi connectivity index (χ3v) is 5.33. The molecule has 0 heterocycles. The van der Waals surface area contributed by atoms with Crippen LogP contribution in [0.3, 0.4) is 0 Å². The highest BCUT2D eigenvalue weighted by Gasteiger charge is 2.29. The SMILES string of the molecule is CC(CNS(=O)(=O)c1cc(N)cc(Br)c1F)C1CC1. The van der Waals surface area contributed by atoms with Gasteiger partial charge in [-0.2, -0.15) is 0 Å². The van der Waals surface area contributed by atoms with Gasteiger partial charge < -0.3 is 5.73 Å². The van der Waals surface area contributed by atoms with Gasteiger partial charge in [0.25, 0.3) is 0 Å². The van der Waals surface area contributed by atoms with E-state index >= 15 is 0 Å². The zero-order chi connectivity index (χ0) is 14.2. The Balaban J connectivity index is 2.19. The van der Waals surface area contributed by atoms with Crippen LogP contribution in [-0.4, -0.2) is 15.0 Å². The minimum atomic E-state index is -3.87. The van der Waals surface area contributed by atoms with E-state index < -0.39 is 20.7 Å². The number of hydrogen-bond donors (Lipinski definition) is 2. The van der Waals surface area contributed by atoms with Crippen LogP contribution < -0.4 is 10.5 Å². The van der Waals surface area contributed by atoms with Crippen molar-refractivity contribution in [2.75, 3.05) is 12.3 Å². The quantitative estimate of drug-likeness (QED) is 0.801. The molecule has 0 radical (unpaired) electrons. The zero-order valence-electron chi connectivity index (χ0n) is 10.5. The van der Waals surface area contributed by atoms with Crippen LogP contribution in [0, 0.1) is 17.7 Å². The van der Waals surface area contributed by atoms with E-state index in [1.165, 1.54) is 6.07 Å². The van der Waals surface area contributed by atoms with E-state index in [1.54, 1.807) is 0 Å². The Morgan fingerprint density at radius 3 is 2.74 bits per heavy atom. The fraction of sp³-hybridized carbons (Fsp3) is 0.500. The number of anilines is 1. The van der Waals surface area contributed by atoms with Gasteiger partial charge in [0.15, 0.2) is 5.82 Å². The van der Waals surface area contributed by atoms with Crippen molar-refractivity contribution in [3.63, 3.8) is 0 Å². The number of nitrogen functional groups attached to an aromatic ring is 1. The number of hydrogen-bond acceptors (Lipinski definition) is 3. The first-order valence-electron chi connectivity index (χ1n) is 6.05. The van der Waals surface area contributed by atoms with Gasteiger partial charge in [0.2, 0.25) is 10.0 Å². The number of sulfonamides is 1. The predicted octanol–water partition coefficient (Wildman–Crippen LogP) is 2.49. The lowest BCUT2D eigenvalue weighted by atomic mass is 10.1. The molecule has 7 heteroatoms. The molecule has 0 bridgehead atoms. The molecule has 2 rings (SSSR count). The maximum Gasteiger partial charge on any atom is 0.243 e. The molecule has 1 saturated carbocycles. The van der Waals surface area contributed by atoms with Gasteiger partial charge >= 0.3 is 0 Å². The van der Waals surface area contributed by atoms with Crippen molar-refractivity contribution in [3.8, 4) is 0 Å². The molecule has 1 fully saturated rings. The molecular weight excluding hydrogens is 335 g/mol. The van der Waals surface area contributed by atoms with Crippen molar-refractivity contribution in [3.05, 3.63) is 22.4 Å². The van der Waals surface area contributed by atoms with Crippen LogP contribution in [0.25, 0.3) is 0 Å². The maximum atomic E-state index is 13.9. The fourth-order valence-electron chi connectivity index (χ4n) is 1.93. The van der Waals surface area contributed by atoms with Crippen molar-refractivity contribution < 1.29 is 12.8 Å². The van der Waals surface area contributed by atoms with Crippen molar-refractivity contribution >= 4 is 31.6 Å². The summed E-state index contributed by atoms with van der Waals surface area (Å²) in [6, 6.07) is 2.46. The highest BCUT2D eigenvalue weighted by molar-refractivity contribution is 9.10. The lowest BCUT2D eigenvalue weighted by Crippen LogP contribution is -2.30. The normalized spacial score (nSPS) is 17.4. The molecule has 1 aromatic rings. The summed E-state index contributed by atoms with van der Waals surface area (Å²) in [7, 11) is -3.87. The number of nitrogens with two attached hydrogens (primary N) is 1. The van der Waals surface area contributed by atoms with Gasteiger partial charge in [-0.05, 0) is 52.7 Å². The van der Waals surface area contributed by atoms with Crippen LogP contribution in [0.4, 0.5) is 10.1 Å². The molecule has 1 aliphatic carbocycles. The Hall–Kier alpha value is -0.660. The molecule has 1 unspecified atom stereocenters. The van der Waals surface area contributed by atoms with E-state index in [-0.39, 0.29) is 16.1 Å². The second kappa shape index (κ2) is 5.38. The molecule has 4 nitrogen and oxygen atoms in total. The average Bonchev–Trinajstić information content (AvgIpc) is 3.14. The molecule has 3 N–H and O–H groups in total. The second-order valence-corrected chi connectivity index (χ2v) is 7.57. The summed E-state index contributed by atoms with van der Waals surface area (Å²) in [5.74, 6) is 0.0308. The van der Waals surface area contributed by atoms with Crippen LogP contribution in [-0.2, 0) is 10.0 Å². The van der Waals surface area contributed by atoms with E-state index in [9.17, 15) is 12.8 Å². The van der Waals surface area contributed by atoms with E-state index in [1.807, 2.05) is 6.92 Å². The maximum absolute atomic E-state index is 13.9. The summed E-state index contributed by atoms with van der Waals surface area (Å²) in [6.45, 7) is 2.31. The van der Waals surface area contributed by atoms with Crippen molar-refractivity contribution in [2.24, 2.45) is 11.8 Å². The van der Waals surface area contributed by atoms with Crippen LogP contribution in [0.15, 0.2) is 21.5 Å². The summed E-state index contributed by atoms with van der Waals surface area (Å²) in [5.41, 5.74) is 5.75. The van der Waals surface area contributed by atoms with Gasteiger partial charge in [-0.1, -0.05) is 6.92 Å². The van der Waals surface area contributed by atoms with Crippen LogP contribution in [0.5, 0.6) is 0 Å². The number of benzene rings is 1. The van der Waals surface area contributed by atoms with Gasteiger partial charge in [0, 0.05) is 12.2 Å². The van der Waals surface area contributed by atoms with Crippen LogP contribution in [0.2, 0.25) is 0 Å². The molecule has 0 aliphatic heterocycles. The van der Waals surface area contributed by atoms with Crippen molar-refractivity contribution in [2.45, 2.75) is 24.7 Å². The lowest BCUT2D eigenvalue weighted by Gasteiger charge is -2.13. The van der Waals surface area contributed by atoms with Crippen LogP contribution >= 0.6 is 15.9 Å². The third-order valence-electron chi connectivity index (χ3n) is 3.33.